The Balaban J connectivity index is 1.61. The Hall–Kier alpha value is -1.86. The second-order valence-electron chi connectivity index (χ2n) is 6.41. The van der Waals surface area contributed by atoms with Gasteiger partial charge in [0.25, 0.3) is 0 Å². The Morgan fingerprint density at radius 1 is 1.15 bits per heavy atom. The van der Waals surface area contributed by atoms with Gasteiger partial charge in [-0.15, -0.1) is 0 Å². The van der Waals surface area contributed by atoms with Crippen molar-refractivity contribution in [2.45, 2.75) is 36.9 Å². The number of hydrogen-bond donors (Lipinski definition) is 1. The van der Waals surface area contributed by atoms with Crippen LogP contribution in [-0.4, -0.2) is 23.3 Å². The van der Waals surface area contributed by atoms with Gasteiger partial charge in [-0.2, -0.15) is 13.2 Å². The molecule has 2 unspecified atom stereocenters. The van der Waals surface area contributed by atoms with E-state index in [4.69, 9.17) is 0 Å². The highest BCUT2D eigenvalue weighted by Crippen LogP contribution is 2.30. The first-order valence-electron chi connectivity index (χ1n) is 8.53. The van der Waals surface area contributed by atoms with E-state index >= 15 is 0 Å². The van der Waals surface area contributed by atoms with Crippen LogP contribution >= 0.6 is 0 Å². The predicted octanol–water partition coefficient (Wildman–Crippen LogP) is 4.16. The van der Waals surface area contributed by atoms with Crippen LogP contribution in [0.3, 0.4) is 0 Å². The number of hydrogen-bond acceptors (Lipinski definition) is 2. The van der Waals surface area contributed by atoms with Gasteiger partial charge in [-0.1, -0.05) is 18.2 Å². The first-order valence-corrected chi connectivity index (χ1v) is 9.68. The van der Waals surface area contributed by atoms with Gasteiger partial charge in [0, 0.05) is 24.8 Å². The van der Waals surface area contributed by atoms with Gasteiger partial charge in [-0.25, -0.2) is 8.93 Å². The molecular formula is C19H21F3N2OS. The summed E-state index contributed by atoms with van der Waals surface area (Å²) in [7, 11) is -1.55. The van der Waals surface area contributed by atoms with Crippen LogP contribution in [0.2, 0.25) is 0 Å². The molecule has 0 spiro atoms. The molecular weight excluding hydrogens is 361 g/mol. The van der Waals surface area contributed by atoms with Crippen LogP contribution in [0.25, 0.3) is 0 Å². The molecule has 2 atom stereocenters. The van der Waals surface area contributed by atoms with Crippen molar-refractivity contribution in [3.63, 3.8) is 0 Å². The summed E-state index contributed by atoms with van der Waals surface area (Å²) in [6, 6.07) is 12.8. The highest BCUT2D eigenvalue weighted by atomic mass is 32.2. The third-order valence-corrected chi connectivity index (χ3v) is 5.71. The maximum Gasteiger partial charge on any atom is 0.416 e. The quantitative estimate of drug-likeness (QED) is 0.842. The first-order chi connectivity index (χ1) is 12.4. The SMILES string of the molecule is CC(CNS(=O)c1ccc(C(F)(F)F)cc1)N1CCCc2ccccc21. The predicted molar refractivity (Wildman–Crippen MR) is 97.4 cm³/mol. The summed E-state index contributed by atoms with van der Waals surface area (Å²) in [5.41, 5.74) is 1.78. The Bertz CT molecular complexity index is 777. The van der Waals surface area contributed by atoms with E-state index in [9.17, 15) is 17.4 Å². The summed E-state index contributed by atoms with van der Waals surface area (Å²) >= 11 is 0. The van der Waals surface area contributed by atoms with Gasteiger partial charge in [-0.3, -0.25) is 0 Å². The summed E-state index contributed by atoms with van der Waals surface area (Å²) in [6.07, 6.45) is -2.25. The molecule has 0 saturated carbocycles. The lowest BCUT2D eigenvalue weighted by atomic mass is 10.0. The standard InChI is InChI=1S/C19H21F3N2OS/c1-14(24-12-4-6-15-5-2-3-7-18(15)24)13-23-26(25)17-10-8-16(9-11-17)19(20,21)22/h2-3,5,7-11,14,23H,4,6,12-13H2,1H3. The Morgan fingerprint density at radius 2 is 1.85 bits per heavy atom. The molecule has 0 bridgehead atoms. The molecule has 2 aromatic carbocycles. The molecule has 1 N–H and O–H groups in total. The van der Waals surface area contributed by atoms with Crippen molar-refractivity contribution in [1.82, 2.24) is 4.72 Å². The number of halogens is 3. The van der Waals surface area contributed by atoms with Crippen LogP contribution in [0, 0.1) is 0 Å². The summed E-state index contributed by atoms with van der Waals surface area (Å²) in [4.78, 5) is 2.62. The first kappa shape index (κ1) is 18.9. The molecule has 0 aromatic heterocycles. The monoisotopic (exact) mass is 382 g/mol. The molecule has 1 heterocycles. The molecule has 0 amide bonds. The normalized spacial score (nSPS) is 16.8. The largest absolute Gasteiger partial charge is 0.416 e. The molecule has 7 heteroatoms. The van der Waals surface area contributed by atoms with Crippen LogP contribution in [0.15, 0.2) is 53.4 Å². The van der Waals surface area contributed by atoms with Gasteiger partial charge in [0.2, 0.25) is 0 Å². The van der Waals surface area contributed by atoms with Crippen molar-refractivity contribution in [2.24, 2.45) is 0 Å². The van der Waals surface area contributed by atoms with E-state index in [1.54, 1.807) is 0 Å². The topological polar surface area (TPSA) is 32.3 Å². The lowest BCUT2D eigenvalue weighted by Gasteiger charge is -2.36. The van der Waals surface area contributed by atoms with Crippen molar-refractivity contribution in [3.05, 3.63) is 59.7 Å². The third kappa shape index (κ3) is 4.27. The van der Waals surface area contributed by atoms with Crippen molar-refractivity contribution in [2.75, 3.05) is 18.0 Å². The average Bonchev–Trinajstić information content (AvgIpc) is 2.64. The molecule has 0 saturated heterocycles. The smallest absolute Gasteiger partial charge is 0.367 e. The molecule has 0 aliphatic carbocycles. The number of nitrogens with one attached hydrogen (secondary N) is 1. The molecule has 1 aliphatic rings. The number of para-hydroxylation sites is 1. The minimum absolute atomic E-state index is 0.120. The minimum atomic E-state index is -4.39. The lowest BCUT2D eigenvalue weighted by Crippen LogP contribution is -2.43. The van der Waals surface area contributed by atoms with Crippen LogP contribution in [0.5, 0.6) is 0 Å². The average molecular weight is 382 g/mol. The molecule has 26 heavy (non-hydrogen) atoms. The number of fused-ring (bicyclic) bond motifs is 1. The van der Waals surface area contributed by atoms with E-state index in [1.165, 1.54) is 23.4 Å². The van der Waals surface area contributed by atoms with E-state index in [-0.39, 0.29) is 6.04 Å². The van der Waals surface area contributed by atoms with Crippen LogP contribution < -0.4 is 9.62 Å². The summed E-state index contributed by atoms with van der Waals surface area (Å²) in [6.45, 7) is 3.47. The van der Waals surface area contributed by atoms with Crippen molar-refractivity contribution in [3.8, 4) is 0 Å². The molecule has 140 valence electrons. The summed E-state index contributed by atoms with van der Waals surface area (Å²) in [5, 5.41) is 0. The number of anilines is 1. The number of alkyl halides is 3. The van der Waals surface area contributed by atoms with Crippen LogP contribution in [0.1, 0.15) is 24.5 Å². The zero-order valence-corrected chi connectivity index (χ0v) is 15.2. The Labute approximate surface area is 153 Å². The van der Waals surface area contributed by atoms with Gasteiger partial charge in [0.15, 0.2) is 0 Å². The molecule has 1 aliphatic heterocycles. The number of aryl methyl sites for hydroxylation is 1. The van der Waals surface area contributed by atoms with Crippen LogP contribution in [0.4, 0.5) is 18.9 Å². The molecule has 0 fully saturated rings. The fourth-order valence-corrected chi connectivity index (χ4v) is 4.12. The fourth-order valence-electron chi connectivity index (χ4n) is 3.18. The Kier molecular flexibility index (Phi) is 5.67. The van der Waals surface area contributed by atoms with Gasteiger partial charge < -0.3 is 4.90 Å². The number of nitrogens with zero attached hydrogens (tertiary/aromatic N) is 1. The highest BCUT2D eigenvalue weighted by molar-refractivity contribution is 7.83. The maximum atomic E-state index is 12.6. The number of rotatable bonds is 5. The zero-order valence-electron chi connectivity index (χ0n) is 14.4. The molecule has 3 nitrogen and oxygen atoms in total. The van der Waals surface area contributed by atoms with Gasteiger partial charge in [0.05, 0.1) is 10.5 Å². The molecule has 2 aromatic rings. The Morgan fingerprint density at radius 3 is 2.54 bits per heavy atom. The van der Waals surface area contributed by atoms with E-state index in [1.807, 2.05) is 12.1 Å². The van der Waals surface area contributed by atoms with Gasteiger partial charge in [-0.05, 0) is 55.7 Å². The van der Waals surface area contributed by atoms with E-state index in [0.717, 1.165) is 31.5 Å². The second kappa shape index (κ2) is 7.80. The number of benzene rings is 2. The van der Waals surface area contributed by atoms with Gasteiger partial charge in [0.1, 0.15) is 11.0 Å². The zero-order chi connectivity index (χ0) is 18.7. The van der Waals surface area contributed by atoms with Crippen molar-refractivity contribution in [1.29, 1.82) is 0 Å². The van der Waals surface area contributed by atoms with Crippen molar-refractivity contribution < 1.29 is 17.4 Å². The van der Waals surface area contributed by atoms with Crippen molar-refractivity contribution >= 4 is 16.7 Å². The highest BCUT2D eigenvalue weighted by Gasteiger charge is 2.30. The molecule has 0 radical (unpaired) electrons. The second-order valence-corrected chi connectivity index (χ2v) is 7.71. The van der Waals surface area contributed by atoms with E-state index in [0.29, 0.717) is 11.4 Å². The minimum Gasteiger partial charge on any atom is -0.367 e. The van der Waals surface area contributed by atoms with E-state index < -0.39 is 22.7 Å². The van der Waals surface area contributed by atoms with Gasteiger partial charge >= 0.3 is 6.18 Å². The summed E-state index contributed by atoms with van der Waals surface area (Å²) in [5.74, 6) is 0. The third-order valence-electron chi connectivity index (χ3n) is 4.58. The fraction of sp³-hybridized carbons (Fsp3) is 0.368. The van der Waals surface area contributed by atoms with Crippen LogP contribution in [-0.2, 0) is 23.6 Å². The van der Waals surface area contributed by atoms with E-state index in [2.05, 4.69) is 28.7 Å². The maximum absolute atomic E-state index is 12.6. The molecule has 3 rings (SSSR count). The lowest BCUT2D eigenvalue weighted by molar-refractivity contribution is -0.137. The summed E-state index contributed by atoms with van der Waals surface area (Å²) < 4.78 is 53.1.